The molecule has 0 bridgehead atoms. The van der Waals surface area contributed by atoms with Crippen LogP contribution >= 0.6 is 0 Å². The van der Waals surface area contributed by atoms with Crippen LogP contribution in [0.4, 0.5) is 11.4 Å². The van der Waals surface area contributed by atoms with Crippen molar-refractivity contribution in [1.82, 2.24) is 4.90 Å². The molecule has 1 N–H and O–H groups in total. The zero-order valence-corrected chi connectivity index (χ0v) is 16.1. The first-order chi connectivity index (χ1) is 13.2. The van der Waals surface area contributed by atoms with E-state index in [2.05, 4.69) is 59.6 Å². The Morgan fingerprint density at radius 1 is 1.11 bits per heavy atom. The highest BCUT2D eigenvalue weighted by atomic mass is 16.2. The average Bonchev–Trinajstić information content (AvgIpc) is 3.32. The van der Waals surface area contributed by atoms with Crippen LogP contribution in [0.1, 0.15) is 31.7 Å². The van der Waals surface area contributed by atoms with Gasteiger partial charge in [-0.05, 0) is 56.0 Å². The Kier molecular flexibility index (Phi) is 5.44. The van der Waals surface area contributed by atoms with E-state index < -0.39 is 0 Å². The largest absolute Gasteiger partial charge is 0.382 e. The van der Waals surface area contributed by atoms with Crippen molar-refractivity contribution in [1.29, 1.82) is 0 Å². The lowest BCUT2D eigenvalue weighted by Gasteiger charge is -2.24. The standard InChI is InChI=1S/C23H29N3O/c1-18(20-12-14-25(17-20)16-19-7-3-2-4-8-19)24-21-9-5-10-22(15-21)26-13-6-11-23(26)27/h2-5,7-10,15,18,20,24H,6,11-14,16-17H2,1H3. The number of hydrogen-bond acceptors (Lipinski definition) is 3. The van der Waals surface area contributed by atoms with Crippen LogP contribution < -0.4 is 10.2 Å². The minimum Gasteiger partial charge on any atom is -0.382 e. The molecule has 2 aliphatic heterocycles. The van der Waals surface area contributed by atoms with Crippen molar-refractivity contribution in [2.24, 2.45) is 5.92 Å². The second-order valence-corrected chi connectivity index (χ2v) is 7.90. The Morgan fingerprint density at radius 2 is 1.96 bits per heavy atom. The third-order valence-electron chi connectivity index (χ3n) is 5.89. The summed E-state index contributed by atoms with van der Waals surface area (Å²) in [7, 11) is 0. The number of hydrogen-bond donors (Lipinski definition) is 1. The Hall–Kier alpha value is -2.33. The Morgan fingerprint density at radius 3 is 2.74 bits per heavy atom. The van der Waals surface area contributed by atoms with Gasteiger partial charge in [-0.15, -0.1) is 0 Å². The molecule has 2 fully saturated rings. The van der Waals surface area contributed by atoms with E-state index in [0.717, 1.165) is 44.0 Å². The van der Waals surface area contributed by atoms with Gasteiger partial charge in [0, 0.05) is 43.5 Å². The molecular formula is C23H29N3O. The second kappa shape index (κ2) is 8.13. The Labute approximate surface area is 162 Å². The van der Waals surface area contributed by atoms with Crippen molar-refractivity contribution in [3.05, 3.63) is 60.2 Å². The number of likely N-dealkylation sites (tertiary alicyclic amines) is 1. The van der Waals surface area contributed by atoms with Gasteiger partial charge in [-0.25, -0.2) is 0 Å². The number of benzene rings is 2. The molecule has 0 aromatic heterocycles. The fraction of sp³-hybridized carbons (Fsp3) is 0.435. The SMILES string of the molecule is CC(Nc1cccc(N2CCCC2=O)c1)C1CCN(Cc2ccccc2)C1. The van der Waals surface area contributed by atoms with Gasteiger partial charge >= 0.3 is 0 Å². The maximum Gasteiger partial charge on any atom is 0.227 e. The quantitative estimate of drug-likeness (QED) is 0.838. The van der Waals surface area contributed by atoms with Crippen LogP contribution in [0.15, 0.2) is 54.6 Å². The highest BCUT2D eigenvalue weighted by molar-refractivity contribution is 5.95. The van der Waals surface area contributed by atoms with Crippen molar-refractivity contribution in [2.45, 2.75) is 38.8 Å². The first-order valence-electron chi connectivity index (χ1n) is 10.1. The molecular weight excluding hydrogens is 334 g/mol. The molecule has 27 heavy (non-hydrogen) atoms. The summed E-state index contributed by atoms with van der Waals surface area (Å²) in [4.78, 5) is 16.5. The van der Waals surface area contributed by atoms with Crippen molar-refractivity contribution >= 4 is 17.3 Å². The summed E-state index contributed by atoms with van der Waals surface area (Å²) in [6.45, 7) is 6.46. The first kappa shape index (κ1) is 18.1. The van der Waals surface area contributed by atoms with E-state index in [1.807, 2.05) is 17.0 Å². The summed E-state index contributed by atoms with van der Waals surface area (Å²) in [6, 6.07) is 19.5. The van der Waals surface area contributed by atoms with E-state index in [1.165, 1.54) is 12.0 Å². The van der Waals surface area contributed by atoms with Crippen LogP contribution in [0, 0.1) is 5.92 Å². The monoisotopic (exact) mass is 363 g/mol. The lowest BCUT2D eigenvalue weighted by molar-refractivity contribution is -0.117. The Bertz CT molecular complexity index is 776. The van der Waals surface area contributed by atoms with Crippen molar-refractivity contribution in [2.75, 3.05) is 29.9 Å². The fourth-order valence-corrected chi connectivity index (χ4v) is 4.32. The van der Waals surface area contributed by atoms with Crippen LogP contribution in [-0.2, 0) is 11.3 Å². The molecule has 0 spiro atoms. The molecule has 2 heterocycles. The lowest BCUT2D eigenvalue weighted by atomic mass is 10.0. The average molecular weight is 364 g/mol. The van der Waals surface area contributed by atoms with Crippen LogP contribution in [0.3, 0.4) is 0 Å². The van der Waals surface area contributed by atoms with E-state index in [4.69, 9.17) is 0 Å². The molecule has 0 saturated carbocycles. The smallest absolute Gasteiger partial charge is 0.227 e. The lowest BCUT2D eigenvalue weighted by Crippen LogP contribution is -2.29. The molecule has 2 aromatic carbocycles. The van der Waals surface area contributed by atoms with E-state index in [-0.39, 0.29) is 5.91 Å². The van der Waals surface area contributed by atoms with E-state index in [9.17, 15) is 4.79 Å². The van der Waals surface area contributed by atoms with Gasteiger partial charge in [0.25, 0.3) is 0 Å². The highest BCUT2D eigenvalue weighted by Gasteiger charge is 2.27. The van der Waals surface area contributed by atoms with Gasteiger partial charge in [0.05, 0.1) is 0 Å². The predicted octanol–water partition coefficient (Wildman–Crippen LogP) is 4.14. The number of carbonyl (C=O) groups excluding carboxylic acids is 1. The van der Waals surface area contributed by atoms with Crippen molar-refractivity contribution in [3.8, 4) is 0 Å². The third-order valence-corrected chi connectivity index (χ3v) is 5.89. The van der Waals surface area contributed by atoms with E-state index >= 15 is 0 Å². The maximum atomic E-state index is 12.0. The maximum absolute atomic E-state index is 12.0. The molecule has 4 nitrogen and oxygen atoms in total. The number of amides is 1. The van der Waals surface area contributed by atoms with Crippen LogP contribution in [0.2, 0.25) is 0 Å². The molecule has 0 radical (unpaired) electrons. The summed E-state index contributed by atoms with van der Waals surface area (Å²) in [6.07, 6.45) is 2.87. The molecule has 2 aliphatic rings. The van der Waals surface area contributed by atoms with E-state index in [1.54, 1.807) is 0 Å². The zero-order valence-electron chi connectivity index (χ0n) is 16.1. The molecule has 2 atom stereocenters. The molecule has 1 amide bonds. The number of nitrogens with zero attached hydrogens (tertiary/aromatic N) is 2. The van der Waals surface area contributed by atoms with Crippen LogP contribution in [-0.4, -0.2) is 36.5 Å². The fourth-order valence-electron chi connectivity index (χ4n) is 4.32. The van der Waals surface area contributed by atoms with Gasteiger partial charge in [0.15, 0.2) is 0 Å². The predicted molar refractivity (Wildman–Crippen MR) is 111 cm³/mol. The van der Waals surface area contributed by atoms with Gasteiger partial charge in [-0.3, -0.25) is 9.69 Å². The minimum absolute atomic E-state index is 0.243. The second-order valence-electron chi connectivity index (χ2n) is 7.90. The normalized spacial score (nSPS) is 21.6. The van der Waals surface area contributed by atoms with Crippen LogP contribution in [0.5, 0.6) is 0 Å². The van der Waals surface area contributed by atoms with Crippen LogP contribution in [0.25, 0.3) is 0 Å². The molecule has 4 heteroatoms. The van der Waals surface area contributed by atoms with Gasteiger partial charge < -0.3 is 10.2 Å². The zero-order chi connectivity index (χ0) is 18.6. The summed E-state index contributed by atoms with van der Waals surface area (Å²) >= 11 is 0. The van der Waals surface area contributed by atoms with Gasteiger partial charge in [-0.1, -0.05) is 36.4 Å². The minimum atomic E-state index is 0.243. The molecule has 142 valence electrons. The van der Waals surface area contributed by atoms with Crippen molar-refractivity contribution < 1.29 is 4.79 Å². The van der Waals surface area contributed by atoms with Crippen molar-refractivity contribution in [3.63, 3.8) is 0 Å². The molecule has 2 aromatic rings. The number of carbonyl (C=O) groups is 1. The highest BCUT2D eigenvalue weighted by Crippen LogP contribution is 2.27. The molecule has 2 unspecified atom stereocenters. The first-order valence-corrected chi connectivity index (χ1v) is 10.1. The third kappa shape index (κ3) is 4.33. The molecule has 0 aliphatic carbocycles. The molecule has 4 rings (SSSR count). The number of nitrogens with one attached hydrogen (secondary N) is 1. The topological polar surface area (TPSA) is 35.6 Å². The summed E-state index contributed by atoms with van der Waals surface area (Å²) in [5.74, 6) is 0.887. The summed E-state index contributed by atoms with van der Waals surface area (Å²) in [5, 5.41) is 3.68. The van der Waals surface area contributed by atoms with Gasteiger partial charge in [-0.2, -0.15) is 0 Å². The molecule has 2 saturated heterocycles. The van der Waals surface area contributed by atoms with Gasteiger partial charge in [0.2, 0.25) is 5.91 Å². The van der Waals surface area contributed by atoms with Gasteiger partial charge in [0.1, 0.15) is 0 Å². The summed E-state index contributed by atoms with van der Waals surface area (Å²) in [5.41, 5.74) is 3.52. The van der Waals surface area contributed by atoms with E-state index in [0.29, 0.717) is 18.4 Å². The Balaban J connectivity index is 1.34. The number of rotatable bonds is 6. The summed E-state index contributed by atoms with van der Waals surface area (Å²) < 4.78 is 0. The number of anilines is 2.